The van der Waals surface area contributed by atoms with Crippen LogP contribution in [0.2, 0.25) is 0 Å². The molecule has 2 aromatic carbocycles. The van der Waals surface area contributed by atoms with Crippen LogP contribution < -0.4 is 10.2 Å². The number of carboxylic acids is 1. The Bertz CT molecular complexity index is 817. The first-order valence-corrected chi connectivity index (χ1v) is 6.98. The van der Waals surface area contributed by atoms with E-state index in [9.17, 15) is 19.7 Å². The van der Waals surface area contributed by atoms with E-state index in [0.29, 0.717) is 5.56 Å². The maximum absolute atomic E-state index is 11.6. The first kappa shape index (κ1) is 17.6. The zero-order valence-corrected chi connectivity index (χ0v) is 12.8. The fourth-order valence-corrected chi connectivity index (χ4v) is 1.76. The molecule has 9 nitrogen and oxygen atoms in total. The lowest BCUT2D eigenvalue weighted by atomic mass is 10.1. The Hall–Kier alpha value is -3.75. The first-order valence-electron chi connectivity index (χ1n) is 6.98. The zero-order chi connectivity index (χ0) is 18.2. The molecule has 25 heavy (non-hydrogen) atoms. The van der Waals surface area contributed by atoms with Crippen LogP contribution in [-0.2, 0) is 4.79 Å². The molecule has 0 radical (unpaired) electrons. The van der Waals surface area contributed by atoms with E-state index in [-0.39, 0.29) is 23.6 Å². The van der Waals surface area contributed by atoms with Crippen LogP contribution in [0, 0.1) is 10.1 Å². The van der Waals surface area contributed by atoms with Crippen LogP contribution >= 0.6 is 0 Å². The number of non-ortho nitro benzene ring substituents is 1. The highest BCUT2D eigenvalue weighted by atomic mass is 16.6. The van der Waals surface area contributed by atoms with Crippen molar-refractivity contribution < 1.29 is 24.4 Å². The molecule has 0 aliphatic rings. The number of nitrogens with zero attached hydrogens (tertiary/aromatic N) is 2. The third-order valence-electron chi connectivity index (χ3n) is 2.96. The third kappa shape index (κ3) is 5.43. The molecule has 0 aliphatic heterocycles. The summed E-state index contributed by atoms with van der Waals surface area (Å²) in [6, 6.07) is 11.4. The number of aromatic carboxylic acids is 1. The monoisotopic (exact) mass is 343 g/mol. The van der Waals surface area contributed by atoms with E-state index in [1.807, 2.05) is 0 Å². The molecule has 0 spiro atoms. The van der Waals surface area contributed by atoms with Gasteiger partial charge in [0.15, 0.2) is 6.61 Å². The Morgan fingerprint density at radius 1 is 1.24 bits per heavy atom. The van der Waals surface area contributed by atoms with Crippen LogP contribution in [0.15, 0.2) is 53.6 Å². The second kappa shape index (κ2) is 8.20. The Labute approximate surface area is 141 Å². The SMILES string of the molecule is O=C(COc1cccc([N+](=O)[O-])c1)N/N=C/c1ccc(C(=O)O)cc1. The lowest BCUT2D eigenvalue weighted by Gasteiger charge is -2.04. The van der Waals surface area contributed by atoms with Crippen molar-refractivity contribution >= 4 is 23.8 Å². The number of hydrazone groups is 1. The minimum absolute atomic E-state index is 0.138. The fraction of sp³-hybridized carbons (Fsp3) is 0.0625. The minimum Gasteiger partial charge on any atom is -0.483 e. The van der Waals surface area contributed by atoms with Gasteiger partial charge in [0.05, 0.1) is 22.8 Å². The number of rotatable bonds is 7. The normalized spacial score (nSPS) is 10.4. The maximum atomic E-state index is 11.6. The molecule has 2 rings (SSSR count). The van der Waals surface area contributed by atoms with Crippen molar-refractivity contribution in [3.8, 4) is 5.75 Å². The van der Waals surface area contributed by atoms with Gasteiger partial charge in [-0.1, -0.05) is 18.2 Å². The molecular weight excluding hydrogens is 330 g/mol. The number of hydrogen-bond acceptors (Lipinski definition) is 6. The lowest BCUT2D eigenvalue weighted by molar-refractivity contribution is -0.384. The molecule has 1 amide bonds. The van der Waals surface area contributed by atoms with E-state index in [2.05, 4.69) is 10.5 Å². The van der Waals surface area contributed by atoms with Gasteiger partial charge in [0.2, 0.25) is 0 Å². The standard InChI is InChI=1S/C16H13N3O6/c20-15(10-25-14-3-1-2-13(8-14)19(23)24)18-17-9-11-4-6-12(7-5-11)16(21)22/h1-9H,10H2,(H,18,20)(H,21,22)/b17-9+. The number of nitrogens with one attached hydrogen (secondary N) is 1. The van der Waals surface area contributed by atoms with Crippen LogP contribution in [0.4, 0.5) is 5.69 Å². The van der Waals surface area contributed by atoms with Crippen molar-refractivity contribution in [2.45, 2.75) is 0 Å². The van der Waals surface area contributed by atoms with Gasteiger partial charge in [-0.3, -0.25) is 14.9 Å². The summed E-state index contributed by atoms with van der Waals surface area (Å²) in [6.07, 6.45) is 1.34. The number of carbonyl (C=O) groups is 2. The van der Waals surface area contributed by atoms with Crippen LogP contribution in [-0.4, -0.2) is 34.7 Å². The van der Waals surface area contributed by atoms with Gasteiger partial charge in [-0.25, -0.2) is 10.2 Å². The quantitative estimate of drug-likeness (QED) is 0.448. The van der Waals surface area contributed by atoms with E-state index in [1.54, 1.807) is 12.1 Å². The Morgan fingerprint density at radius 3 is 2.60 bits per heavy atom. The van der Waals surface area contributed by atoms with Crippen LogP contribution in [0.1, 0.15) is 15.9 Å². The minimum atomic E-state index is -1.03. The van der Waals surface area contributed by atoms with Gasteiger partial charge >= 0.3 is 5.97 Å². The fourth-order valence-electron chi connectivity index (χ4n) is 1.76. The number of carboxylic acid groups (broad SMARTS) is 1. The lowest BCUT2D eigenvalue weighted by Crippen LogP contribution is -2.24. The number of amides is 1. The van der Waals surface area contributed by atoms with Crippen LogP contribution in [0.5, 0.6) is 5.75 Å². The first-order chi connectivity index (χ1) is 12.0. The number of benzene rings is 2. The van der Waals surface area contributed by atoms with E-state index >= 15 is 0 Å². The highest BCUT2D eigenvalue weighted by molar-refractivity contribution is 5.89. The smallest absolute Gasteiger partial charge is 0.335 e. The highest BCUT2D eigenvalue weighted by Gasteiger charge is 2.07. The van der Waals surface area contributed by atoms with E-state index < -0.39 is 16.8 Å². The Kier molecular flexibility index (Phi) is 5.77. The summed E-state index contributed by atoms with van der Waals surface area (Å²) in [5.41, 5.74) is 2.84. The number of nitro benzene ring substituents is 1. The van der Waals surface area contributed by atoms with Crippen molar-refractivity contribution in [1.29, 1.82) is 0 Å². The van der Waals surface area contributed by atoms with E-state index in [4.69, 9.17) is 9.84 Å². The predicted molar refractivity (Wildman–Crippen MR) is 87.7 cm³/mol. The molecule has 0 aliphatic carbocycles. The van der Waals surface area contributed by atoms with Gasteiger partial charge in [0.25, 0.3) is 11.6 Å². The number of ether oxygens (including phenoxy) is 1. The summed E-state index contributed by atoms with van der Waals surface area (Å²) in [5.74, 6) is -1.39. The van der Waals surface area contributed by atoms with Gasteiger partial charge in [0, 0.05) is 6.07 Å². The summed E-state index contributed by atoms with van der Waals surface area (Å²) < 4.78 is 5.15. The molecule has 0 unspecified atom stereocenters. The third-order valence-corrected chi connectivity index (χ3v) is 2.96. The molecule has 0 saturated heterocycles. The number of nitro groups is 1. The van der Waals surface area contributed by atoms with Crippen LogP contribution in [0.25, 0.3) is 0 Å². The molecule has 9 heteroatoms. The second-order valence-corrected chi connectivity index (χ2v) is 4.76. The molecule has 0 bridgehead atoms. The van der Waals surface area contributed by atoms with E-state index in [0.717, 1.165) is 0 Å². The van der Waals surface area contributed by atoms with Gasteiger partial charge in [-0.2, -0.15) is 5.10 Å². The number of carbonyl (C=O) groups excluding carboxylic acids is 1. The molecule has 0 aromatic heterocycles. The summed E-state index contributed by atoms with van der Waals surface area (Å²) in [5, 5.41) is 23.1. The predicted octanol–water partition coefficient (Wildman–Crippen LogP) is 1.82. The molecule has 2 aromatic rings. The molecule has 0 heterocycles. The molecule has 0 fully saturated rings. The summed E-state index contributed by atoms with van der Waals surface area (Å²) in [4.78, 5) is 32.4. The maximum Gasteiger partial charge on any atom is 0.335 e. The van der Waals surface area contributed by atoms with Crippen molar-refractivity contribution in [3.05, 3.63) is 69.8 Å². The van der Waals surface area contributed by atoms with Gasteiger partial charge in [-0.15, -0.1) is 0 Å². The average molecular weight is 343 g/mol. The average Bonchev–Trinajstić information content (AvgIpc) is 2.60. The van der Waals surface area contributed by atoms with Gasteiger partial charge in [-0.05, 0) is 23.8 Å². The topological polar surface area (TPSA) is 131 Å². The van der Waals surface area contributed by atoms with Crippen LogP contribution in [0.3, 0.4) is 0 Å². The summed E-state index contributed by atoms with van der Waals surface area (Å²) in [6.45, 7) is -0.365. The summed E-state index contributed by atoms with van der Waals surface area (Å²) in [7, 11) is 0. The van der Waals surface area contributed by atoms with E-state index in [1.165, 1.54) is 42.6 Å². The Morgan fingerprint density at radius 2 is 1.96 bits per heavy atom. The largest absolute Gasteiger partial charge is 0.483 e. The van der Waals surface area contributed by atoms with Crippen molar-refractivity contribution in [2.24, 2.45) is 5.10 Å². The van der Waals surface area contributed by atoms with Gasteiger partial charge < -0.3 is 9.84 Å². The molecular formula is C16H13N3O6. The zero-order valence-electron chi connectivity index (χ0n) is 12.8. The molecule has 0 saturated carbocycles. The second-order valence-electron chi connectivity index (χ2n) is 4.76. The van der Waals surface area contributed by atoms with Gasteiger partial charge in [0.1, 0.15) is 5.75 Å². The van der Waals surface area contributed by atoms with Crippen molar-refractivity contribution in [2.75, 3.05) is 6.61 Å². The number of hydrogen-bond donors (Lipinski definition) is 2. The molecule has 2 N–H and O–H groups in total. The highest BCUT2D eigenvalue weighted by Crippen LogP contribution is 2.18. The molecule has 128 valence electrons. The Balaban J connectivity index is 1.83. The van der Waals surface area contributed by atoms with Crippen molar-refractivity contribution in [3.63, 3.8) is 0 Å². The van der Waals surface area contributed by atoms with Crippen molar-refractivity contribution in [1.82, 2.24) is 5.43 Å². The summed E-state index contributed by atoms with van der Waals surface area (Å²) >= 11 is 0. The molecule has 0 atom stereocenters.